The molecule has 0 N–H and O–H groups in total. The SMILES string of the molecule is O=C1C[C@@H](/C=C/c2cccnc2)N1C(=O)OC1CCCCC1. The van der Waals surface area contributed by atoms with Gasteiger partial charge in [-0.15, -0.1) is 0 Å². The third kappa shape index (κ3) is 3.35. The van der Waals surface area contributed by atoms with Gasteiger partial charge >= 0.3 is 6.09 Å². The van der Waals surface area contributed by atoms with E-state index in [0.717, 1.165) is 31.2 Å². The van der Waals surface area contributed by atoms with Crippen molar-refractivity contribution in [3.8, 4) is 0 Å². The summed E-state index contributed by atoms with van der Waals surface area (Å²) in [5.41, 5.74) is 0.947. The number of amides is 2. The van der Waals surface area contributed by atoms with Crippen molar-refractivity contribution in [2.24, 2.45) is 0 Å². The number of pyridine rings is 1. The van der Waals surface area contributed by atoms with E-state index < -0.39 is 6.09 Å². The number of rotatable bonds is 3. The van der Waals surface area contributed by atoms with E-state index in [1.54, 1.807) is 12.4 Å². The van der Waals surface area contributed by atoms with E-state index in [0.29, 0.717) is 6.42 Å². The van der Waals surface area contributed by atoms with Gasteiger partial charge in [-0.25, -0.2) is 9.69 Å². The van der Waals surface area contributed by atoms with Crippen LogP contribution < -0.4 is 0 Å². The second-order valence-corrected chi connectivity index (χ2v) is 5.82. The summed E-state index contributed by atoms with van der Waals surface area (Å²) in [6, 6.07) is 3.57. The van der Waals surface area contributed by atoms with E-state index in [1.165, 1.54) is 11.3 Å². The highest BCUT2D eigenvalue weighted by molar-refractivity contribution is 5.98. The monoisotopic (exact) mass is 300 g/mol. The molecule has 2 amide bonds. The number of aromatic nitrogens is 1. The molecule has 116 valence electrons. The summed E-state index contributed by atoms with van der Waals surface area (Å²) in [6.45, 7) is 0. The summed E-state index contributed by atoms with van der Waals surface area (Å²) in [5.74, 6) is -0.165. The fraction of sp³-hybridized carbons (Fsp3) is 0.471. The molecule has 22 heavy (non-hydrogen) atoms. The minimum absolute atomic E-state index is 0.0300. The number of hydrogen-bond acceptors (Lipinski definition) is 4. The van der Waals surface area contributed by atoms with Crippen LogP contribution >= 0.6 is 0 Å². The Bertz CT molecular complexity index is 565. The summed E-state index contributed by atoms with van der Waals surface area (Å²) in [6.07, 6.45) is 12.2. The van der Waals surface area contributed by atoms with E-state index in [-0.39, 0.29) is 18.1 Å². The molecule has 1 aliphatic carbocycles. The molecule has 0 radical (unpaired) electrons. The molecule has 1 saturated carbocycles. The largest absolute Gasteiger partial charge is 0.446 e. The summed E-state index contributed by atoms with van der Waals surface area (Å²) >= 11 is 0. The standard InChI is InChI=1S/C17H20N2O3/c20-16-11-14(9-8-13-5-4-10-18-12-13)19(16)17(21)22-15-6-2-1-3-7-15/h4-5,8-10,12,14-15H,1-3,6-7,11H2/b9-8+/t14-/m1/s1. The van der Waals surface area contributed by atoms with Gasteiger partial charge in [-0.1, -0.05) is 24.6 Å². The average Bonchev–Trinajstić information content (AvgIpc) is 2.53. The third-order valence-electron chi connectivity index (χ3n) is 4.20. The molecule has 0 spiro atoms. The molecule has 1 aromatic heterocycles. The molecule has 1 atom stereocenters. The number of carbonyl (C=O) groups excluding carboxylic acids is 2. The van der Waals surface area contributed by atoms with Crippen LogP contribution in [0.5, 0.6) is 0 Å². The minimum atomic E-state index is -0.496. The van der Waals surface area contributed by atoms with Crippen molar-refractivity contribution in [3.05, 3.63) is 36.2 Å². The van der Waals surface area contributed by atoms with Crippen molar-refractivity contribution in [2.75, 3.05) is 0 Å². The molecule has 3 rings (SSSR count). The van der Waals surface area contributed by atoms with E-state index in [4.69, 9.17) is 4.74 Å². The molecule has 2 heterocycles. The molecule has 1 aliphatic heterocycles. The maximum Gasteiger partial charge on any atom is 0.417 e. The molecule has 1 saturated heterocycles. The topological polar surface area (TPSA) is 59.5 Å². The molecular weight excluding hydrogens is 280 g/mol. The predicted octanol–water partition coefficient (Wildman–Crippen LogP) is 3.17. The summed E-state index contributed by atoms with van der Waals surface area (Å²) in [5, 5.41) is 0. The maximum atomic E-state index is 12.2. The van der Waals surface area contributed by atoms with Crippen LogP contribution in [-0.4, -0.2) is 34.0 Å². The molecule has 5 nitrogen and oxygen atoms in total. The molecule has 2 aliphatic rings. The average molecular weight is 300 g/mol. The van der Waals surface area contributed by atoms with Gasteiger partial charge in [-0.2, -0.15) is 0 Å². The lowest BCUT2D eigenvalue weighted by atomic mass is 9.98. The van der Waals surface area contributed by atoms with Crippen LogP contribution in [0.15, 0.2) is 30.6 Å². The first-order valence-corrected chi connectivity index (χ1v) is 7.85. The zero-order valence-electron chi connectivity index (χ0n) is 12.5. The van der Waals surface area contributed by atoms with Crippen LogP contribution in [0.3, 0.4) is 0 Å². The number of hydrogen-bond donors (Lipinski definition) is 0. The van der Waals surface area contributed by atoms with Gasteiger partial charge in [0.1, 0.15) is 6.10 Å². The van der Waals surface area contributed by atoms with E-state index in [2.05, 4.69) is 4.98 Å². The number of ether oxygens (including phenoxy) is 1. The van der Waals surface area contributed by atoms with Crippen molar-refractivity contribution in [2.45, 2.75) is 50.7 Å². The lowest BCUT2D eigenvalue weighted by Crippen LogP contribution is -2.55. The Hall–Kier alpha value is -2.17. The van der Waals surface area contributed by atoms with Gasteiger partial charge < -0.3 is 4.74 Å². The molecule has 0 unspecified atom stereocenters. The summed E-state index contributed by atoms with van der Waals surface area (Å²) < 4.78 is 5.47. The Morgan fingerprint density at radius 2 is 2.14 bits per heavy atom. The van der Waals surface area contributed by atoms with E-state index in [9.17, 15) is 9.59 Å². The Balaban J connectivity index is 1.58. The van der Waals surface area contributed by atoms with E-state index in [1.807, 2.05) is 24.3 Å². The number of imide groups is 1. The van der Waals surface area contributed by atoms with Crippen LogP contribution in [0.1, 0.15) is 44.1 Å². The Labute approximate surface area is 130 Å². The van der Waals surface area contributed by atoms with Gasteiger partial charge in [0.15, 0.2) is 0 Å². The molecule has 2 fully saturated rings. The van der Waals surface area contributed by atoms with Gasteiger partial charge in [0.05, 0.1) is 12.5 Å². The molecule has 0 bridgehead atoms. The quantitative estimate of drug-likeness (QED) is 0.804. The van der Waals surface area contributed by atoms with Crippen molar-refractivity contribution in [1.29, 1.82) is 0 Å². The van der Waals surface area contributed by atoms with Crippen LogP contribution in [-0.2, 0) is 9.53 Å². The first-order valence-electron chi connectivity index (χ1n) is 7.85. The highest BCUT2D eigenvalue weighted by Gasteiger charge is 2.41. The lowest BCUT2D eigenvalue weighted by molar-refractivity contribution is -0.141. The van der Waals surface area contributed by atoms with Gasteiger partial charge in [-0.05, 0) is 37.3 Å². The van der Waals surface area contributed by atoms with Crippen molar-refractivity contribution < 1.29 is 14.3 Å². The second-order valence-electron chi connectivity index (χ2n) is 5.82. The highest BCUT2D eigenvalue weighted by atomic mass is 16.6. The first kappa shape index (κ1) is 14.8. The minimum Gasteiger partial charge on any atom is -0.446 e. The smallest absolute Gasteiger partial charge is 0.417 e. The molecule has 1 aromatic rings. The third-order valence-corrected chi connectivity index (χ3v) is 4.20. The predicted molar refractivity (Wildman–Crippen MR) is 81.9 cm³/mol. The van der Waals surface area contributed by atoms with Gasteiger partial charge in [0.2, 0.25) is 5.91 Å². The maximum absolute atomic E-state index is 12.2. The van der Waals surface area contributed by atoms with Crippen LogP contribution in [0.25, 0.3) is 6.08 Å². The number of β-lactam (4-membered cyclic amide) rings is 1. The zero-order chi connectivity index (χ0) is 15.4. The van der Waals surface area contributed by atoms with Gasteiger partial charge in [-0.3, -0.25) is 9.78 Å². The fourth-order valence-corrected chi connectivity index (χ4v) is 2.91. The van der Waals surface area contributed by atoms with Crippen LogP contribution in [0, 0.1) is 0 Å². The lowest BCUT2D eigenvalue weighted by Gasteiger charge is -2.37. The first-order chi connectivity index (χ1) is 10.7. The van der Waals surface area contributed by atoms with Crippen molar-refractivity contribution >= 4 is 18.1 Å². The van der Waals surface area contributed by atoms with Gasteiger partial charge in [0, 0.05) is 12.4 Å². The Morgan fingerprint density at radius 1 is 1.32 bits per heavy atom. The second kappa shape index (κ2) is 6.73. The van der Waals surface area contributed by atoms with Crippen molar-refractivity contribution in [1.82, 2.24) is 9.88 Å². The summed E-state index contributed by atoms with van der Waals surface area (Å²) in [7, 11) is 0. The zero-order valence-corrected chi connectivity index (χ0v) is 12.5. The number of nitrogens with zero attached hydrogens (tertiary/aromatic N) is 2. The van der Waals surface area contributed by atoms with E-state index >= 15 is 0 Å². The Morgan fingerprint density at radius 3 is 2.82 bits per heavy atom. The fourth-order valence-electron chi connectivity index (χ4n) is 2.91. The number of carbonyl (C=O) groups is 2. The van der Waals surface area contributed by atoms with Crippen molar-refractivity contribution in [3.63, 3.8) is 0 Å². The summed E-state index contributed by atoms with van der Waals surface area (Å²) in [4.78, 5) is 29.1. The highest BCUT2D eigenvalue weighted by Crippen LogP contribution is 2.26. The molecule has 0 aromatic carbocycles. The van der Waals surface area contributed by atoms with Gasteiger partial charge in [0.25, 0.3) is 0 Å². The molecular formula is C17H20N2O3. The normalized spacial score (nSPS) is 22.6. The Kier molecular flexibility index (Phi) is 4.51. The van der Waals surface area contributed by atoms with Crippen LogP contribution in [0.4, 0.5) is 4.79 Å². The van der Waals surface area contributed by atoms with Crippen LogP contribution in [0.2, 0.25) is 0 Å². The molecule has 5 heteroatoms. The number of likely N-dealkylation sites (tertiary alicyclic amines) is 1.